The number of aliphatic hydroxyl groups excluding tert-OH is 3. The number of allylic oxidation sites excluding steroid dienone is 1. The number of carboxylic acid groups (broad SMARTS) is 4. The summed E-state index contributed by atoms with van der Waals surface area (Å²) in [6.45, 7) is 12.8. The van der Waals surface area contributed by atoms with Crippen molar-refractivity contribution < 1.29 is 112 Å². The lowest BCUT2D eigenvalue weighted by atomic mass is 9.32. The molecule has 0 amide bonds. The minimum Gasteiger partial charge on any atom is -0.473 e. The van der Waals surface area contributed by atoms with Crippen molar-refractivity contribution in [1.29, 1.82) is 0 Å². The van der Waals surface area contributed by atoms with Crippen molar-refractivity contribution in [3.8, 4) is 35.5 Å². The fraction of sp³-hybridized carbons (Fsp3) is 0.654. The standard InChI is InChI=1S/C48H62O15.2C2H2O4/c1-31(2)32-15-20-48(30-62-41(55)39(53)59-27-11-8-24-50)22-21-46(5)33(37(32)48)13-14-35-44(3)18-17-36(63-43(57)42(56)60-28-12-9-25-51)45(4,34(44)16-19-47(35,46)6)29-61-40(54)38(52)58-26-10-7-23-49;2*3-1(4)2(5)6/h32-37,49-51H,1,13-30H2,2-6H3;2*(H,3,4)(H,5,6)/t32-,33-,34+,35+,36-,37?,44-,45-,46+,47+,48+;;/m0../s1. The summed E-state index contributed by atoms with van der Waals surface area (Å²) in [5, 5.41) is 56.2. The molecule has 23 heteroatoms. The molecule has 0 spiro atoms. The second kappa shape index (κ2) is 27.0. The van der Waals surface area contributed by atoms with Crippen molar-refractivity contribution in [2.45, 2.75) is 105 Å². The van der Waals surface area contributed by atoms with E-state index < -0.39 is 104 Å². The first-order chi connectivity index (χ1) is 35.2. The van der Waals surface area contributed by atoms with Gasteiger partial charge in [0.25, 0.3) is 0 Å². The topological polar surface area (TPSA) is 368 Å². The number of aliphatic hydroxyl groups is 3. The van der Waals surface area contributed by atoms with E-state index in [1.54, 1.807) is 0 Å². The van der Waals surface area contributed by atoms with Crippen LogP contribution in [0.25, 0.3) is 0 Å². The first kappa shape index (κ1) is 62.3. The van der Waals surface area contributed by atoms with Crippen molar-refractivity contribution in [3.05, 3.63) is 12.2 Å². The molecular weight excluding hydrogens is 993 g/mol. The van der Waals surface area contributed by atoms with Crippen LogP contribution < -0.4 is 0 Å². The summed E-state index contributed by atoms with van der Waals surface area (Å²) in [6.07, 6.45) is 6.70. The molecule has 75 heavy (non-hydrogen) atoms. The van der Waals surface area contributed by atoms with Crippen LogP contribution >= 0.6 is 0 Å². The van der Waals surface area contributed by atoms with Crippen molar-refractivity contribution in [3.63, 3.8) is 0 Å². The molecule has 0 radical (unpaired) electrons. The van der Waals surface area contributed by atoms with E-state index in [-0.39, 0.29) is 71.1 Å². The lowest BCUT2D eigenvalue weighted by Crippen LogP contribution is -2.68. The largest absolute Gasteiger partial charge is 0.473 e. The quantitative estimate of drug-likeness (QED) is 0.0566. The van der Waals surface area contributed by atoms with Crippen molar-refractivity contribution in [2.24, 2.45) is 56.7 Å². The fourth-order valence-electron chi connectivity index (χ4n) is 13.2. The normalized spacial score (nSPS) is 30.2. The number of hydrogen-bond donors (Lipinski definition) is 7. The Morgan fingerprint density at radius 3 is 1.40 bits per heavy atom. The van der Waals surface area contributed by atoms with Gasteiger partial charge < -0.3 is 64.2 Å². The van der Waals surface area contributed by atoms with Gasteiger partial charge in [-0.2, -0.15) is 0 Å². The number of esters is 6. The third-order valence-corrected chi connectivity index (χ3v) is 16.5. The average molecular weight is 1060 g/mol. The molecule has 0 saturated heterocycles. The maximum Gasteiger partial charge on any atom is 0.418 e. The number of carboxylic acids is 4. The molecule has 5 saturated carbocycles. The Hall–Kier alpha value is -7.00. The van der Waals surface area contributed by atoms with Gasteiger partial charge in [0.05, 0.1) is 6.61 Å². The molecule has 5 rings (SSSR count). The van der Waals surface area contributed by atoms with Gasteiger partial charge in [-0.05, 0) is 117 Å². The van der Waals surface area contributed by atoms with Crippen LogP contribution in [0.4, 0.5) is 0 Å². The van der Waals surface area contributed by atoms with Crippen molar-refractivity contribution in [1.82, 2.24) is 0 Å². The highest BCUT2D eigenvalue weighted by molar-refractivity contribution is 6.30. The van der Waals surface area contributed by atoms with E-state index in [1.165, 1.54) is 0 Å². The van der Waals surface area contributed by atoms with Crippen molar-refractivity contribution >= 4 is 59.7 Å². The summed E-state index contributed by atoms with van der Waals surface area (Å²) >= 11 is 0. The molecule has 412 valence electrons. The molecule has 23 nitrogen and oxygen atoms in total. The first-order valence-corrected chi connectivity index (χ1v) is 24.0. The lowest BCUT2D eigenvalue weighted by Gasteiger charge is -2.73. The summed E-state index contributed by atoms with van der Waals surface area (Å²) in [6, 6.07) is 0. The van der Waals surface area contributed by atoms with Gasteiger partial charge in [-0.1, -0.05) is 75.4 Å². The molecule has 0 bridgehead atoms. The van der Waals surface area contributed by atoms with Crippen LogP contribution in [0.5, 0.6) is 0 Å². The van der Waals surface area contributed by atoms with Crippen LogP contribution in [0.2, 0.25) is 0 Å². The zero-order valence-corrected chi connectivity index (χ0v) is 42.6. The number of hydrogen-bond acceptors (Lipinski definition) is 19. The Morgan fingerprint density at radius 1 is 0.493 bits per heavy atom. The van der Waals surface area contributed by atoms with Gasteiger partial charge in [-0.3, -0.25) is 0 Å². The van der Waals surface area contributed by atoms with E-state index in [0.29, 0.717) is 19.3 Å². The van der Waals surface area contributed by atoms with Crippen LogP contribution in [0.1, 0.15) is 98.8 Å². The number of aliphatic carboxylic acids is 4. The molecule has 11 atom stereocenters. The van der Waals surface area contributed by atoms with E-state index in [9.17, 15) is 28.8 Å². The molecule has 0 aromatic carbocycles. The highest BCUT2D eigenvalue weighted by atomic mass is 16.6. The zero-order valence-electron chi connectivity index (χ0n) is 42.6. The highest BCUT2D eigenvalue weighted by Gasteiger charge is 2.72. The Bertz CT molecular complexity index is 2360. The molecule has 5 fully saturated rings. The van der Waals surface area contributed by atoms with E-state index in [0.717, 1.165) is 50.5 Å². The zero-order chi connectivity index (χ0) is 56.5. The van der Waals surface area contributed by atoms with Crippen molar-refractivity contribution in [2.75, 3.05) is 52.9 Å². The number of fused-ring (bicyclic) bond motifs is 7. The molecule has 1 unspecified atom stereocenters. The molecular formula is C52H66O23. The first-order valence-electron chi connectivity index (χ1n) is 24.0. The minimum absolute atomic E-state index is 0.0919. The minimum atomic E-state index is -1.82. The maximum atomic E-state index is 13.2. The lowest BCUT2D eigenvalue weighted by molar-refractivity contribution is -0.259. The fourth-order valence-corrected chi connectivity index (χ4v) is 13.2. The van der Waals surface area contributed by atoms with Crippen LogP contribution in [0, 0.1) is 92.2 Å². The van der Waals surface area contributed by atoms with E-state index in [1.807, 2.05) is 6.92 Å². The van der Waals surface area contributed by atoms with Gasteiger partial charge >= 0.3 is 59.7 Å². The Morgan fingerprint density at radius 2 is 0.947 bits per heavy atom. The molecule has 7 N–H and O–H groups in total. The summed E-state index contributed by atoms with van der Waals surface area (Å²) in [5.74, 6) is 0.458. The maximum absolute atomic E-state index is 13.2. The second-order valence-electron chi connectivity index (χ2n) is 20.1. The van der Waals surface area contributed by atoms with Gasteiger partial charge in [0, 0.05) is 10.8 Å². The van der Waals surface area contributed by atoms with Gasteiger partial charge in [0.15, 0.2) is 19.8 Å². The molecule has 0 aliphatic heterocycles. The second-order valence-corrected chi connectivity index (χ2v) is 20.1. The summed E-state index contributed by atoms with van der Waals surface area (Å²) in [7, 11) is 0. The molecule has 5 aliphatic rings. The predicted octanol–water partition coefficient (Wildman–Crippen LogP) is 1.55. The van der Waals surface area contributed by atoms with E-state index in [4.69, 9.17) is 83.3 Å². The van der Waals surface area contributed by atoms with E-state index in [2.05, 4.69) is 69.8 Å². The Kier molecular flexibility index (Phi) is 22.4. The molecule has 5 aliphatic carbocycles. The van der Waals surface area contributed by atoms with E-state index >= 15 is 0 Å². The molecule has 0 heterocycles. The smallest absolute Gasteiger partial charge is 0.418 e. The van der Waals surface area contributed by atoms with Crippen LogP contribution in [-0.2, 0) is 76.4 Å². The Balaban J connectivity index is 0.00000110. The molecule has 0 aromatic rings. The van der Waals surface area contributed by atoms with Crippen LogP contribution in [0.15, 0.2) is 12.2 Å². The SMILES string of the molecule is C=C(C)[C@@H]1CC[C@]2(COC(=O)C(=O)OCC#CCO)CC[C@]3(C)[C@@H](CC[C@@H]4[C@@]5(C)CC[C@H](OC(=O)C(=O)OCC#CCO)[C@@](C)(COC(=O)C(=O)OCC#CCO)[C@@H]5CC[C@]43C)C12.O=C(O)C(=O)O.O=C(O)C(=O)O. The predicted molar refractivity (Wildman–Crippen MR) is 253 cm³/mol. The summed E-state index contributed by atoms with van der Waals surface area (Å²) in [5.41, 5.74) is -1.01. The third-order valence-electron chi connectivity index (χ3n) is 16.5. The molecule has 0 aromatic heterocycles. The summed E-state index contributed by atoms with van der Waals surface area (Å²) < 4.78 is 32.1. The Labute approximate surface area is 432 Å². The van der Waals surface area contributed by atoms with Gasteiger partial charge in [0.2, 0.25) is 0 Å². The number of ether oxygens (including phenoxy) is 6. The monoisotopic (exact) mass is 1060 g/mol. The number of rotatable bonds is 9. The average Bonchev–Trinajstić information content (AvgIpc) is 3.75. The van der Waals surface area contributed by atoms with Gasteiger partial charge in [0.1, 0.15) is 32.5 Å². The summed E-state index contributed by atoms with van der Waals surface area (Å²) in [4.78, 5) is 113. The highest BCUT2D eigenvalue weighted by Crippen LogP contribution is 2.77. The van der Waals surface area contributed by atoms with Crippen LogP contribution in [0.3, 0.4) is 0 Å². The van der Waals surface area contributed by atoms with Gasteiger partial charge in [-0.15, -0.1) is 0 Å². The number of carbonyl (C=O) groups is 10. The number of carbonyl (C=O) groups excluding carboxylic acids is 6. The van der Waals surface area contributed by atoms with Crippen LogP contribution in [-0.4, -0.2) is 154 Å². The van der Waals surface area contributed by atoms with Gasteiger partial charge in [-0.25, -0.2) is 47.9 Å². The third kappa shape index (κ3) is 14.4.